The molecule has 1 aliphatic rings. The number of rotatable bonds is 5. The number of nitrogens with zero attached hydrogens (tertiary/aromatic N) is 2. The zero-order chi connectivity index (χ0) is 19.4. The molecular weight excluding hydrogens is 344 g/mol. The van der Waals surface area contributed by atoms with E-state index in [1.807, 2.05) is 18.2 Å². The SMILES string of the molecule is COc1ccc(N(CC(=O)N2CCc3ccccc3C2)C(C)=O)c(OC)c1. The van der Waals surface area contributed by atoms with Crippen LogP contribution >= 0.6 is 0 Å². The largest absolute Gasteiger partial charge is 0.497 e. The Kier molecular flexibility index (Phi) is 5.64. The van der Waals surface area contributed by atoms with E-state index in [1.54, 1.807) is 30.2 Å². The Balaban J connectivity index is 1.79. The number of ether oxygens (including phenoxy) is 2. The van der Waals surface area contributed by atoms with Gasteiger partial charge in [0.1, 0.15) is 18.0 Å². The highest BCUT2D eigenvalue weighted by atomic mass is 16.5. The first-order valence-corrected chi connectivity index (χ1v) is 8.88. The molecule has 0 bridgehead atoms. The molecule has 27 heavy (non-hydrogen) atoms. The van der Waals surface area contributed by atoms with Crippen molar-refractivity contribution < 1.29 is 19.1 Å². The first-order valence-electron chi connectivity index (χ1n) is 8.88. The highest BCUT2D eigenvalue weighted by molar-refractivity contribution is 5.98. The van der Waals surface area contributed by atoms with E-state index >= 15 is 0 Å². The molecule has 0 fully saturated rings. The molecule has 0 radical (unpaired) electrons. The monoisotopic (exact) mass is 368 g/mol. The molecule has 142 valence electrons. The standard InChI is InChI=1S/C21H24N2O4/c1-15(24)23(19-9-8-18(26-2)12-20(19)27-3)14-21(25)22-11-10-16-6-4-5-7-17(16)13-22/h4-9,12H,10-11,13-14H2,1-3H3. The molecule has 2 aromatic carbocycles. The highest BCUT2D eigenvalue weighted by Crippen LogP contribution is 2.32. The first kappa shape index (κ1) is 18.8. The minimum atomic E-state index is -0.218. The number of anilines is 1. The van der Waals surface area contributed by atoms with Gasteiger partial charge in [-0.3, -0.25) is 14.5 Å². The van der Waals surface area contributed by atoms with Gasteiger partial charge in [-0.15, -0.1) is 0 Å². The van der Waals surface area contributed by atoms with Crippen LogP contribution in [0.15, 0.2) is 42.5 Å². The summed E-state index contributed by atoms with van der Waals surface area (Å²) in [5.41, 5.74) is 2.99. The molecule has 1 heterocycles. The summed E-state index contributed by atoms with van der Waals surface area (Å²) in [4.78, 5) is 28.4. The maximum atomic E-state index is 12.9. The van der Waals surface area contributed by atoms with Crippen LogP contribution in [0.1, 0.15) is 18.1 Å². The van der Waals surface area contributed by atoms with Gasteiger partial charge in [0.2, 0.25) is 11.8 Å². The Labute approximate surface area is 159 Å². The summed E-state index contributed by atoms with van der Waals surface area (Å²) < 4.78 is 10.6. The molecule has 1 aliphatic heterocycles. The second kappa shape index (κ2) is 8.12. The minimum Gasteiger partial charge on any atom is -0.497 e. The molecule has 2 amide bonds. The number of benzene rings is 2. The van der Waals surface area contributed by atoms with Crippen molar-refractivity contribution in [3.63, 3.8) is 0 Å². The number of carbonyl (C=O) groups excluding carboxylic acids is 2. The summed E-state index contributed by atoms with van der Waals surface area (Å²) in [6.07, 6.45) is 0.827. The molecule has 0 unspecified atom stereocenters. The Hall–Kier alpha value is -3.02. The Morgan fingerprint density at radius 3 is 2.48 bits per heavy atom. The van der Waals surface area contributed by atoms with Crippen molar-refractivity contribution in [2.24, 2.45) is 0 Å². The first-order chi connectivity index (χ1) is 13.0. The van der Waals surface area contributed by atoms with Gasteiger partial charge < -0.3 is 14.4 Å². The van der Waals surface area contributed by atoms with Crippen LogP contribution in [0.3, 0.4) is 0 Å². The van der Waals surface area contributed by atoms with Gasteiger partial charge in [-0.25, -0.2) is 0 Å². The zero-order valence-corrected chi connectivity index (χ0v) is 15.9. The molecular formula is C21H24N2O4. The van der Waals surface area contributed by atoms with Gasteiger partial charge in [0.05, 0.1) is 19.9 Å². The number of hydrogen-bond donors (Lipinski definition) is 0. The zero-order valence-electron chi connectivity index (χ0n) is 15.9. The topological polar surface area (TPSA) is 59.1 Å². The summed E-state index contributed by atoms with van der Waals surface area (Å²) in [6, 6.07) is 13.3. The average Bonchev–Trinajstić information content (AvgIpc) is 2.70. The third kappa shape index (κ3) is 4.05. The van der Waals surface area contributed by atoms with E-state index in [2.05, 4.69) is 6.07 Å². The van der Waals surface area contributed by atoms with Crippen molar-refractivity contribution in [1.82, 2.24) is 4.90 Å². The highest BCUT2D eigenvalue weighted by Gasteiger charge is 2.25. The van der Waals surface area contributed by atoms with Crippen molar-refractivity contribution in [3.05, 3.63) is 53.6 Å². The lowest BCUT2D eigenvalue weighted by molar-refractivity contribution is -0.132. The lowest BCUT2D eigenvalue weighted by Gasteiger charge is -2.31. The van der Waals surface area contributed by atoms with E-state index in [1.165, 1.54) is 24.5 Å². The van der Waals surface area contributed by atoms with E-state index in [9.17, 15) is 9.59 Å². The van der Waals surface area contributed by atoms with Crippen LogP contribution < -0.4 is 14.4 Å². The molecule has 0 aliphatic carbocycles. The lowest BCUT2D eigenvalue weighted by Crippen LogP contribution is -2.44. The summed E-state index contributed by atoms with van der Waals surface area (Å²) in [5, 5.41) is 0. The molecule has 6 nitrogen and oxygen atoms in total. The summed E-state index contributed by atoms with van der Waals surface area (Å²) in [6.45, 7) is 2.64. The molecule has 6 heteroatoms. The molecule has 0 N–H and O–H groups in total. The van der Waals surface area contributed by atoms with Crippen LogP contribution in [0, 0.1) is 0 Å². The second-order valence-electron chi connectivity index (χ2n) is 6.48. The molecule has 2 aromatic rings. The van der Waals surface area contributed by atoms with Crippen molar-refractivity contribution in [1.29, 1.82) is 0 Å². The summed E-state index contributed by atoms with van der Waals surface area (Å²) >= 11 is 0. The van der Waals surface area contributed by atoms with E-state index in [0.717, 1.165) is 12.0 Å². The third-order valence-corrected chi connectivity index (χ3v) is 4.83. The van der Waals surface area contributed by atoms with Crippen LogP contribution in [0.5, 0.6) is 11.5 Å². The number of amides is 2. The molecule has 3 rings (SSSR count). The Bertz CT molecular complexity index is 850. The number of carbonyl (C=O) groups is 2. The minimum absolute atomic E-state index is 0.0276. The fourth-order valence-electron chi connectivity index (χ4n) is 3.32. The Morgan fingerprint density at radius 2 is 1.81 bits per heavy atom. The average molecular weight is 368 g/mol. The van der Waals surface area contributed by atoms with Crippen LogP contribution in [-0.2, 0) is 22.6 Å². The third-order valence-electron chi connectivity index (χ3n) is 4.83. The molecule has 0 saturated heterocycles. The van der Waals surface area contributed by atoms with Crippen molar-refractivity contribution in [2.45, 2.75) is 19.9 Å². The quantitative estimate of drug-likeness (QED) is 0.814. The smallest absolute Gasteiger partial charge is 0.242 e. The van der Waals surface area contributed by atoms with Gasteiger partial charge in [-0.2, -0.15) is 0 Å². The maximum absolute atomic E-state index is 12.9. The van der Waals surface area contributed by atoms with Gasteiger partial charge in [-0.05, 0) is 29.7 Å². The van der Waals surface area contributed by atoms with Crippen molar-refractivity contribution in [3.8, 4) is 11.5 Å². The van der Waals surface area contributed by atoms with Gasteiger partial charge in [0, 0.05) is 26.1 Å². The fraction of sp³-hybridized carbons (Fsp3) is 0.333. The molecule has 0 saturated carbocycles. The van der Waals surface area contributed by atoms with Crippen LogP contribution in [0.4, 0.5) is 5.69 Å². The van der Waals surface area contributed by atoms with E-state index in [-0.39, 0.29) is 18.4 Å². The van der Waals surface area contributed by atoms with Gasteiger partial charge in [0.15, 0.2) is 0 Å². The van der Waals surface area contributed by atoms with Crippen molar-refractivity contribution in [2.75, 3.05) is 32.2 Å². The van der Waals surface area contributed by atoms with E-state index < -0.39 is 0 Å². The number of methoxy groups -OCH3 is 2. The maximum Gasteiger partial charge on any atom is 0.242 e. The lowest BCUT2D eigenvalue weighted by atomic mass is 10.00. The van der Waals surface area contributed by atoms with Gasteiger partial charge >= 0.3 is 0 Å². The summed E-state index contributed by atoms with van der Waals surface area (Å²) in [5.74, 6) is 0.807. The van der Waals surface area contributed by atoms with E-state index in [4.69, 9.17) is 9.47 Å². The molecule has 0 atom stereocenters. The van der Waals surface area contributed by atoms with Crippen LogP contribution in [0.25, 0.3) is 0 Å². The predicted molar refractivity (Wildman–Crippen MR) is 103 cm³/mol. The van der Waals surface area contributed by atoms with Crippen molar-refractivity contribution >= 4 is 17.5 Å². The van der Waals surface area contributed by atoms with Crippen LogP contribution in [0.2, 0.25) is 0 Å². The number of hydrogen-bond acceptors (Lipinski definition) is 4. The second-order valence-corrected chi connectivity index (χ2v) is 6.48. The summed E-state index contributed by atoms with van der Waals surface area (Å²) in [7, 11) is 3.09. The normalized spacial score (nSPS) is 12.9. The van der Waals surface area contributed by atoms with Gasteiger partial charge in [0.25, 0.3) is 0 Å². The number of fused-ring (bicyclic) bond motifs is 1. The fourth-order valence-corrected chi connectivity index (χ4v) is 3.32. The Morgan fingerprint density at radius 1 is 1.07 bits per heavy atom. The van der Waals surface area contributed by atoms with Gasteiger partial charge in [-0.1, -0.05) is 24.3 Å². The predicted octanol–water partition coefficient (Wildman–Crippen LogP) is 2.64. The van der Waals surface area contributed by atoms with Crippen LogP contribution in [-0.4, -0.2) is 44.0 Å². The molecule has 0 aromatic heterocycles. The molecule has 0 spiro atoms. The van der Waals surface area contributed by atoms with E-state index in [0.29, 0.717) is 30.3 Å².